The highest BCUT2D eigenvalue weighted by Crippen LogP contribution is 2.25. The summed E-state index contributed by atoms with van der Waals surface area (Å²) >= 11 is 0. The van der Waals surface area contributed by atoms with Crippen molar-refractivity contribution in [1.29, 1.82) is 0 Å². The highest BCUT2D eigenvalue weighted by atomic mass is 19.4. The minimum atomic E-state index is -4.26. The Morgan fingerprint density at radius 3 is 2.73 bits per heavy atom. The minimum absolute atomic E-state index is 0.159. The fourth-order valence-electron chi connectivity index (χ4n) is 2.52. The van der Waals surface area contributed by atoms with E-state index in [0.29, 0.717) is 24.3 Å². The smallest absolute Gasteiger partial charge is 0.369 e. The van der Waals surface area contributed by atoms with Gasteiger partial charge in [0.25, 0.3) is 0 Å². The molecule has 2 heterocycles. The molecule has 7 nitrogen and oxygen atoms in total. The molecule has 10 heteroatoms. The number of rotatable bonds is 4. The number of nitrogens with zero attached hydrogens (tertiary/aromatic N) is 5. The van der Waals surface area contributed by atoms with Crippen LogP contribution >= 0.6 is 0 Å². The van der Waals surface area contributed by atoms with Gasteiger partial charge < -0.3 is 10.1 Å². The van der Waals surface area contributed by atoms with Crippen LogP contribution in [0.15, 0.2) is 12.1 Å². The number of aromatic nitrogens is 5. The summed E-state index contributed by atoms with van der Waals surface area (Å²) in [4.78, 5) is 0. The number of ether oxygens (including phenoxy) is 1. The molecule has 0 spiro atoms. The fraction of sp³-hybridized carbons (Fsp3) is 0.667. The zero-order valence-corrected chi connectivity index (χ0v) is 11.6. The molecule has 0 unspecified atom stereocenters. The molecule has 22 heavy (non-hydrogen) atoms. The van der Waals surface area contributed by atoms with Crippen molar-refractivity contribution in [3.05, 3.63) is 12.1 Å². The van der Waals surface area contributed by atoms with Gasteiger partial charge in [-0.2, -0.15) is 13.2 Å². The number of hydrogen-bond acceptors (Lipinski definition) is 6. The largest absolute Gasteiger partial charge is 0.411 e. The Morgan fingerprint density at radius 2 is 2.00 bits per heavy atom. The first-order valence-electron chi connectivity index (χ1n) is 7.00. The van der Waals surface area contributed by atoms with E-state index in [0.717, 1.165) is 12.8 Å². The van der Waals surface area contributed by atoms with E-state index >= 15 is 0 Å². The van der Waals surface area contributed by atoms with Crippen LogP contribution in [0.25, 0.3) is 5.65 Å². The molecule has 1 aliphatic carbocycles. The van der Waals surface area contributed by atoms with Gasteiger partial charge in [-0.3, -0.25) is 0 Å². The van der Waals surface area contributed by atoms with Crippen LogP contribution in [0.1, 0.15) is 25.7 Å². The molecule has 2 aromatic heterocycles. The molecule has 0 amide bonds. The second-order valence-electron chi connectivity index (χ2n) is 5.29. The van der Waals surface area contributed by atoms with Crippen LogP contribution in [0.5, 0.6) is 0 Å². The predicted molar refractivity (Wildman–Crippen MR) is 70.3 cm³/mol. The summed E-state index contributed by atoms with van der Waals surface area (Å²) in [6.45, 7) is -1.17. The summed E-state index contributed by atoms with van der Waals surface area (Å²) in [6.07, 6.45) is -1.92. The first-order valence-corrected chi connectivity index (χ1v) is 7.00. The van der Waals surface area contributed by atoms with Crippen LogP contribution in [0, 0.1) is 0 Å². The Hall–Kier alpha value is -1.97. The second-order valence-corrected chi connectivity index (χ2v) is 5.29. The standard InChI is InChI=1S/C12H15F3N6O/c13-12(14,15)7-22-9-3-1-8(2-4-9)16-10-5-6-11-17-19-20-21(11)18-10/h5-6,8-9H,1-4,7H2,(H,16,18). The van der Waals surface area contributed by atoms with E-state index in [9.17, 15) is 13.2 Å². The van der Waals surface area contributed by atoms with E-state index in [-0.39, 0.29) is 12.1 Å². The molecule has 1 N–H and O–H groups in total. The SMILES string of the molecule is FC(F)(F)COC1CCC(Nc2ccc3nnnn3n2)CC1. The van der Waals surface area contributed by atoms with Crippen molar-refractivity contribution in [3.8, 4) is 0 Å². The van der Waals surface area contributed by atoms with Gasteiger partial charge in [0.15, 0.2) is 5.65 Å². The van der Waals surface area contributed by atoms with Crippen LogP contribution in [-0.4, -0.2) is 50.2 Å². The average molecular weight is 316 g/mol. The van der Waals surface area contributed by atoms with Gasteiger partial charge >= 0.3 is 6.18 Å². The summed E-state index contributed by atoms with van der Waals surface area (Å²) in [5.74, 6) is 0.638. The molecule has 0 radical (unpaired) electrons. The number of halogens is 3. The molecule has 0 saturated heterocycles. The third kappa shape index (κ3) is 3.81. The lowest BCUT2D eigenvalue weighted by atomic mass is 9.93. The Balaban J connectivity index is 1.49. The Morgan fingerprint density at radius 1 is 1.23 bits per heavy atom. The van der Waals surface area contributed by atoms with E-state index in [2.05, 4.69) is 25.9 Å². The molecule has 120 valence electrons. The van der Waals surface area contributed by atoms with Gasteiger partial charge in [-0.05, 0) is 48.2 Å². The quantitative estimate of drug-likeness (QED) is 0.927. The molecular weight excluding hydrogens is 301 g/mol. The Labute approximate surface area is 123 Å². The fourth-order valence-corrected chi connectivity index (χ4v) is 2.52. The number of nitrogens with one attached hydrogen (secondary N) is 1. The van der Waals surface area contributed by atoms with E-state index in [1.165, 1.54) is 4.63 Å². The van der Waals surface area contributed by atoms with Gasteiger partial charge in [0.2, 0.25) is 0 Å². The molecule has 1 aliphatic rings. The summed E-state index contributed by atoms with van der Waals surface area (Å²) < 4.78 is 42.5. The van der Waals surface area contributed by atoms with Crippen molar-refractivity contribution in [2.75, 3.05) is 11.9 Å². The number of alkyl halides is 3. The van der Waals surface area contributed by atoms with Gasteiger partial charge in [0.1, 0.15) is 12.4 Å². The van der Waals surface area contributed by atoms with Crippen molar-refractivity contribution in [3.63, 3.8) is 0 Å². The first-order chi connectivity index (χ1) is 10.5. The lowest BCUT2D eigenvalue weighted by Gasteiger charge is -2.29. The number of fused-ring (bicyclic) bond motifs is 1. The maximum atomic E-state index is 12.1. The highest BCUT2D eigenvalue weighted by Gasteiger charge is 2.30. The van der Waals surface area contributed by atoms with E-state index in [1.54, 1.807) is 12.1 Å². The van der Waals surface area contributed by atoms with Crippen LogP contribution < -0.4 is 5.32 Å². The molecular formula is C12H15F3N6O. The highest BCUT2D eigenvalue weighted by molar-refractivity contribution is 5.42. The molecule has 0 aliphatic heterocycles. The normalized spacial score (nSPS) is 22.9. The average Bonchev–Trinajstić information content (AvgIpc) is 2.93. The van der Waals surface area contributed by atoms with Crippen molar-refractivity contribution >= 4 is 11.5 Å². The Bertz CT molecular complexity index is 623. The molecule has 2 aromatic rings. The van der Waals surface area contributed by atoms with Gasteiger partial charge in [-0.1, -0.05) is 0 Å². The van der Waals surface area contributed by atoms with E-state index in [4.69, 9.17) is 4.74 Å². The van der Waals surface area contributed by atoms with Crippen molar-refractivity contribution in [1.82, 2.24) is 25.3 Å². The topological polar surface area (TPSA) is 77.2 Å². The minimum Gasteiger partial charge on any atom is -0.369 e. The monoisotopic (exact) mass is 316 g/mol. The van der Waals surface area contributed by atoms with Crippen LogP contribution in [0.4, 0.5) is 19.0 Å². The van der Waals surface area contributed by atoms with Crippen LogP contribution in [0.2, 0.25) is 0 Å². The lowest BCUT2D eigenvalue weighted by molar-refractivity contribution is -0.187. The molecule has 0 atom stereocenters. The third-order valence-corrected chi connectivity index (χ3v) is 3.58. The molecule has 0 aromatic carbocycles. The van der Waals surface area contributed by atoms with Crippen molar-refractivity contribution in [2.45, 2.75) is 44.0 Å². The van der Waals surface area contributed by atoms with Crippen molar-refractivity contribution < 1.29 is 17.9 Å². The lowest BCUT2D eigenvalue weighted by Crippen LogP contribution is -2.32. The maximum absolute atomic E-state index is 12.1. The number of tetrazole rings is 1. The van der Waals surface area contributed by atoms with Crippen LogP contribution in [-0.2, 0) is 4.74 Å². The third-order valence-electron chi connectivity index (χ3n) is 3.58. The molecule has 0 bridgehead atoms. The number of anilines is 1. The van der Waals surface area contributed by atoms with Gasteiger partial charge in [-0.25, -0.2) is 0 Å². The van der Waals surface area contributed by atoms with Gasteiger partial charge in [0.05, 0.1) is 6.10 Å². The number of hydrogen-bond donors (Lipinski definition) is 1. The van der Waals surface area contributed by atoms with E-state index < -0.39 is 12.8 Å². The summed E-state index contributed by atoms with van der Waals surface area (Å²) in [5.41, 5.74) is 0.551. The zero-order chi connectivity index (χ0) is 15.6. The van der Waals surface area contributed by atoms with E-state index in [1.807, 2.05) is 0 Å². The Kier molecular flexibility index (Phi) is 4.10. The van der Waals surface area contributed by atoms with Crippen LogP contribution in [0.3, 0.4) is 0 Å². The maximum Gasteiger partial charge on any atom is 0.411 e. The predicted octanol–water partition coefficient (Wildman–Crippen LogP) is 1.82. The van der Waals surface area contributed by atoms with Gasteiger partial charge in [0, 0.05) is 6.04 Å². The molecule has 1 saturated carbocycles. The summed E-state index contributed by atoms with van der Waals surface area (Å²) in [5, 5.41) is 18.4. The first kappa shape index (κ1) is 14.9. The second kappa shape index (κ2) is 6.03. The molecule has 3 rings (SSSR count). The van der Waals surface area contributed by atoms with Crippen molar-refractivity contribution in [2.24, 2.45) is 0 Å². The summed E-state index contributed by atoms with van der Waals surface area (Å²) in [6, 6.07) is 3.68. The summed E-state index contributed by atoms with van der Waals surface area (Å²) in [7, 11) is 0. The van der Waals surface area contributed by atoms with Gasteiger partial charge in [-0.15, -0.1) is 14.8 Å². The molecule has 1 fully saturated rings. The zero-order valence-electron chi connectivity index (χ0n) is 11.6.